The van der Waals surface area contributed by atoms with Crippen LogP contribution in [0, 0.1) is 10.8 Å². The molecule has 5 nitrogen and oxygen atoms in total. The predicted octanol–water partition coefficient (Wildman–Crippen LogP) is 2.22. The Morgan fingerprint density at radius 2 is 1.77 bits per heavy atom. The molecule has 3 aliphatic rings. The zero-order valence-electron chi connectivity index (χ0n) is 12.0. The minimum absolute atomic E-state index is 0.0326. The monoisotopic (exact) mass is 317 g/mol. The van der Waals surface area contributed by atoms with Gasteiger partial charge in [-0.05, 0) is 38.5 Å². The topological polar surface area (TPSA) is 77.8 Å². The first-order valence-corrected chi connectivity index (χ1v) is 7.38. The molecule has 3 N–H and O–H groups in total. The summed E-state index contributed by atoms with van der Waals surface area (Å²) < 4.78 is 39.5. The number of amides is 1. The van der Waals surface area contributed by atoms with Crippen molar-refractivity contribution in [2.45, 2.75) is 51.2 Å². The van der Waals surface area contributed by atoms with Crippen molar-refractivity contribution in [3.8, 4) is 0 Å². The van der Waals surface area contributed by atoms with E-state index in [2.05, 4.69) is 15.3 Å². The molecule has 3 fully saturated rings. The molecule has 0 atom stereocenters. The molecule has 0 radical (unpaired) electrons. The summed E-state index contributed by atoms with van der Waals surface area (Å²) in [5.74, 6) is -0.204. The Balaban J connectivity index is 1.64. The number of aromatic amines is 2. The zero-order valence-corrected chi connectivity index (χ0v) is 12.0. The van der Waals surface area contributed by atoms with Gasteiger partial charge in [0.2, 0.25) is 5.91 Å². The number of hydrogen-bond acceptors (Lipinski definition) is 2. The number of imidazole rings is 1. The van der Waals surface area contributed by atoms with E-state index in [-0.39, 0.29) is 56.7 Å². The van der Waals surface area contributed by atoms with E-state index in [4.69, 9.17) is 0 Å². The second-order valence-electron chi connectivity index (χ2n) is 6.51. The third-order valence-corrected chi connectivity index (χ3v) is 5.42. The molecule has 1 aromatic rings. The van der Waals surface area contributed by atoms with Crippen molar-refractivity contribution < 1.29 is 18.0 Å². The lowest BCUT2D eigenvalue weighted by Gasteiger charge is -2.52. The summed E-state index contributed by atoms with van der Waals surface area (Å²) >= 11 is 0. The van der Waals surface area contributed by atoms with Gasteiger partial charge >= 0.3 is 11.9 Å². The standard InChI is InChI=1S/C14H18F3N3O2/c15-14(16,17)13-4-1-12(2-5-13,3-6-13)10(21)18-7-9-8-19-11(22)20-9/h8H,1-7H2,(H,18,21)(H2,19,20,22). The Morgan fingerprint density at radius 3 is 2.23 bits per heavy atom. The van der Waals surface area contributed by atoms with Gasteiger partial charge in [0, 0.05) is 11.6 Å². The highest BCUT2D eigenvalue weighted by molar-refractivity contribution is 5.83. The van der Waals surface area contributed by atoms with Crippen LogP contribution in [0.1, 0.15) is 44.2 Å². The van der Waals surface area contributed by atoms with Gasteiger partial charge in [-0.15, -0.1) is 0 Å². The van der Waals surface area contributed by atoms with Gasteiger partial charge in [0.25, 0.3) is 0 Å². The van der Waals surface area contributed by atoms with Crippen LogP contribution in [0.15, 0.2) is 11.0 Å². The summed E-state index contributed by atoms with van der Waals surface area (Å²) in [7, 11) is 0. The number of carbonyl (C=O) groups is 1. The number of fused-ring (bicyclic) bond motifs is 3. The van der Waals surface area contributed by atoms with Crippen LogP contribution in [0.2, 0.25) is 0 Å². The Labute approximate surface area is 124 Å². The lowest BCUT2D eigenvalue weighted by Crippen LogP contribution is -2.54. The summed E-state index contributed by atoms with van der Waals surface area (Å²) in [5, 5.41) is 2.74. The Kier molecular flexibility index (Phi) is 3.37. The number of carbonyl (C=O) groups excluding carboxylic acids is 1. The molecule has 3 saturated carbocycles. The average molecular weight is 317 g/mol. The van der Waals surface area contributed by atoms with Gasteiger partial charge in [-0.25, -0.2) is 4.79 Å². The highest BCUT2D eigenvalue weighted by Gasteiger charge is 2.62. The number of rotatable bonds is 3. The number of alkyl halides is 3. The molecule has 1 heterocycles. The van der Waals surface area contributed by atoms with E-state index in [1.165, 1.54) is 6.20 Å². The number of halogens is 3. The minimum Gasteiger partial charge on any atom is -0.350 e. The van der Waals surface area contributed by atoms with Crippen LogP contribution in [0.3, 0.4) is 0 Å². The average Bonchev–Trinajstić information content (AvgIpc) is 2.91. The van der Waals surface area contributed by atoms with Crippen LogP contribution in [-0.2, 0) is 11.3 Å². The number of hydrogen-bond donors (Lipinski definition) is 3. The Hall–Kier alpha value is -1.73. The van der Waals surface area contributed by atoms with E-state index in [1.54, 1.807) is 0 Å². The minimum atomic E-state index is -4.18. The van der Waals surface area contributed by atoms with Crippen molar-refractivity contribution in [2.75, 3.05) is 0 Å². The maximum Gasteiger partial charge on any atom is 0.394 e. The Bertz CT molecular complexity index is 607. The van der Waals surface area contributed by atoms with Crippen LogP contribution in [0.5, 0.6) is 0 Å². The number of nitrogens with one attached hydrogen (secondary N) is 3. The van der Waals surface area contributed by atoms with Gasteiger partial charge in [0.15, 0.2) is 0 Å². The first kappa shape index (κ1) is 15.2. The zero-order chi connectivity index (χ0) is 16.0. The largest absolute Gasteiger partial charge is 0.394 e. The molecule has 0 unspecified atom stereocenters. The van der Waals surface area contributed by atoms with Crippen LogP contribution < -0.4 is 11.0 Å². The lowest BCUT2D eigenvalue weighted by atomic mass is 9.53. The summed E-state index contributed by atoms with van der Waals surface area (Å²) in [6.07, 6.45) is -1.77. The predicted molar refractivity (Wildman–Crippen MR) is 71.9 cm³/mol. The molecular formula is C14H18F3N3O2. The Morgan fingerprint density at radius 1 is 1.18 bits per heavy atom. The van der Waals surface area contributed by atoms with Crippen molar-refractivity contribution in [3.63, 3.8) is 0 Å². The van der Waals surface area contributed by atoms with E-state index in [9.17, 15) is 22.8 Å². The quantitative estimate of drug-likeness (QED) is 0.799. The summed E-state index contributed by atoms with van der Waals surface area (Å²) in [5.41, 5.74) is -2.07. The third-order valence-electron chi connectivity index (χ3n) is 5.42. The molecule has 0 saturated heterocycles. The van der Waals surface area contributed by atoms with Gasteiger partial charge in [-0.3, -0.25) is 4.79 Å². The molecule has 8 heteroatoms. The fourth-order valence-corrected chi connectivity index (χ4v) is 3.78. The third kappa shape index (κ3) is 2.34. The smallest absolute Gasteiger partial charge is 0.350 e. The van der Waals surface area contributed by atoms with Crippen molar-refractivity contribution in [1.82, 2.24) is 15.3 Å². The fourth-order valence-electron chi connectivity index (χ4n) is 3.78. The molecule has 0 spiro atoms. The van der Waals surface area contributed by atoms with E-state index in [0.717, 1.165) is 0 Å². The molecule has 1 aromatic heterocycles. The number of H-pyrrole nitrogens is 2. The van der Waals surface area contributed by atoms with Crippen molar-refractivity contribution >= 4 is 5.91 Å². The van der Waals surface area contributed by atoms with Crippen LogP contribution >= 0.6 is 0 Å². The van der Waals surface area contributed by atoms with E-state index in [1.807, 2.05) is 0 Å². The molecule has 1 amide bonds. The first-order valence-electron chi connectivity index (χ1n) is 7.38. The lowest BCUT2D eigenvalue weighted by molar-refractivity contribution is -0.258. The van der Waals surface area contributed by atoms with E-state index in [0.29, 0.717) is 5.69 Å². The van der Waals surface area contributed by atoms with Gasteiger partial charge in [-0.2, -0.15) is 13.2 Å². The first-order chi connectivity index (χ1) is 10.3. The molecule has 0 aliphatic heterocycles. The molecule has 4 rings (SSSR count). The SMILES string of the molecule is O=C(NCc1c[nH]c(=O)[nH]1)C12CCC(C(F)(F)F)(CC1)CC2. The van der Waals surface area contributed by atoms with Crippen molar-refractivity contribution in [3.05, 3.63) is 22.4 Å². The van der Waals surface area contributed by atoms with Gasteiger partial charge < -0.3 is 15.3 Å². The summed E-state index contributed by atoms with van der Waals surface area (Å²) in [6.45, 7) is 0.170. The molecule has 22 heavy (non-hydrogen) atoms. The van der Waals surface area contributed by atoms with Crippen LogP contribution in [0.4, 0.5) is 13.2 Å². The van der Waals surface area contributed by atoms with Crippen molar-refractivity contribution in [2.24, 2.45) is 10.8 Å². The second-order valence-corrected chi connectivity index (χ2v) is 6.51. The van der Waals surface area contributed by atoms with E-state index >= 15 is 0 Å². The van der Waals surface area contributed by atoms with Crippen LogP contribution in [0.25, 0.3) is 0 Å². The number of aromatic nitrogens is 2. The van der Waals surface area contributed by atoms with Gasteiger partial charge in [-0.1, -0.05) is 0 Å². The second kappa shape index (κ2) is 4.89. The molecule has 122 valence electrons. The van der Waals surface area contributed by atoms with Crippen LogP contribution in [-0.4, -0.2) is 22.1 Å². The molecule has 3 aliphatic carbocycles. The van der Waals surface area contributed by atoms with Crippen molar-refractivity contribution in [1.29, 1.82) is 0 Å². The molecule has 2 bridgehead atoms. The van der Waals surface area contributed by atoms with E-state index < -0.39 is 17.0 Å². The van der Waals surface area contributed by atoms with Gasteiger partial charge in [0.1, 0.15) is 0 Å². The molecule has 0 aromatic carbocycles. The highest BCUT2D eigenvalue weighted by atomic mass is 19.4. The summed E-state index contributed by atoms with van der Waals surface area (Å²) in [6, 6.07) is 0. The summed E-state index contributed by atoms with van der Waals surface area (Å²) in [4.78, 5) is 28.3. The maximum absolute atomic E-state index is 13.2. The maximum atomic E-state index is 13.2. The molecular weight excluding hydrogens is 299 g/mol. The fraction of sp³-hybridized carbons (Fsp3) is 0.714. The van der Waals surface area contributed by atoms with Gasteiger partial charge in [0.05, 0.1) is 17.7 Å². The normalized spacial score (nSPS) is 31.2. The highest BCUT2D eigenvalue weighted by Crippen LogP contribution is 2.62.